The first kappa shape index (κ1) is 17.0. The van der Waals surface area contributed by atoms with Crippen LogP contribution in [0.4, 0.5) is 22.0 Å². The topological polar surface area (TPSA) is 21.3 Å². The Labute approximate surface area is 117 Å². The lowest BCUT2D eigenvalue weighted by atomic mass is 10.2. The zero-order valence-corrected chi connectivity index (χ0v) is 11.1. The molecule has 1 N–H and O–H groups in total. The van der Waals surface area contributed by atoms with Gasteiger partial charge in [0, 0.05) is 23.6 Å². The molecule has 1 aromatic rings. The fourth-order valence-electron chi connectivity index (χ4n) is 1.53. The summed E-state index contributed by atoms with van der Waals surface area (Å²) in [5.74, 6) is -0.0484. The monoisotopic (exact) mass is 317 g/mol. The first-order chi connectivity index (χ1) is 9.28. The van der Waals surface area contributed by atoms with E-state index in [0.29, 0.717) is 10.6 Å². The third-order valence-corrected chi connectivity index (χ3v) is 2.60. The predicted octanol–water partition coefficient (Wildman–Crippen LogP) is 4.37. The molecule has 0 saturated carbocycles. The van der Waals surface area contributed by atoms with Crippen LogP contribution in [0.15, 0.2) is 18.2 Å². The summed E-state index contributed by atoms with van der Waals surface area (Å²) in [6.45, 7) is -2.76. The van der Waals surface area contributed by atoms with Crippen molar-refractivity contribution in [2.45, 2.75) is 32.2 Å². The Morgan fingerprint density at radius 2 is 1.95 bits per heavy atom. The lowest BCUT2D eigenvalue weighted by Gasteiger charge is -2.12. The van der Waals surface area contributed by atoms with Crippen molar-refractivity contribution in [3.8, 4) is 5.75 Å². The van der Waals surface area contributed by atoms with E-state index >= 15 is 0 Å². The molecule has 2 nitrogen and oxygen atoms in total. The third-order valence-electron chi connectivity index (χ3n) is 2.37. The van der Waals surface area contributed by atoms with Crippen LogP contribution in [-0.2, 0) is 6.54 Å². The first-order valence-corrected chi connectivity index (χ1v) is 6.16. The number of halogens is 6. The van der Waals surface area contributed by atoms with Crippen LogP contribution in [0.5, 0.6) is 5.75 Å². The van der Waals surface area contributed by atoms with Crippen LogP contribution in [0.1, 0.15) is 18.4 Å². The highest BCUT2D eigenvalue weighted by molar-refractivity contribution is 6.30. The highest BCUT2D eigenvalue weighted by Crippen LogP contribution is 2.24. The number of alkyl halides is 5. The largest absolute Gasteiger partial charge is 0.434 e. The molecule has 8 heteroatoms. The van der Waals surface area contributed by atoms with Crippen LogP contribution in [-0.4, -0.2) is 19.3 Å². The van der Waals surface area contributed by atoms with E-state index in [1.54, 1.807) is 0 Å². The fourth-order valence-corrected chi connectivity index (χ4v) is 1.73. The minimum atomic E-state index is -4.19. The first-order valence-electron chi connectivity index (χ1n) is 5.78. The van der Waals surface area contributed by atoms with E-state index in [0.717, 1.165) is 0 Å². The van der Waals surface area contributed by atoms with Crippen LogP contribution in [0.2, 0.25) is 5.02 Å². The Morgan fingerprint density at radius 1 is 1.25 bits per heavy atom. The molecule has 0 amide bonds. The van der Waals surface area contributed by atoms with E-state index in [1.165, 1.54) is 18.2 Å². The van der Waals surface area contributed by atoms with Crippen LogP contribution in [0.3, 0.4) is 0 Å². The maximum absolute atomic E-state index is 12.2. The Kier molecular flexibility index (Phi) is 6.48. The van der Waals surface area contributed by atoms with E-state index in [2.05, 4.69) is 10.1 Å². The zero-order valence-electron chi connectivity index (χ0n) is 10.3. The normalized spacial score (nSPS) is 11.9. The molecule has 0 saturated heterocycles. The fraction of sp³-hybridized carbons (Fsp3) is 0.500. The summed E-state index contributed by atoms with van der Waals surface area (Å²) in [7, 11) is 0. The van der Waals surface area contributed by atoms with Gasteiger partial charge >= 0.3 is 12.8 Å². The minimum absolute atomic E-state index is 0.0484. The molecule has 0 spiro atoms. The maximum Gasteiger partial charge on any atom is 0.389 e. The minimum Gasteiger partial charge on any atom is -0.434 e. The second-order valence-corrected chi connectivity index (χ2v) is 4.46. The van der Waals surface area contributed by atoms with E-state index in [4.69, 9.17) is 11.6 Å². The van der Waals surface area contributed by atoms with Gasteiger partial charge in [-0.15, -0.1) is 0 Å². The molecule has 0 fully saturated rings. The van der Waals surface area contributed by atoms with Gasteiger partial charge in [-0.2, -0.15) is 22.0 Å². The highest BCUT2D eigenvalue weighted by atomic mass is 35.5. The average molecular weight is 318 g/mol. The maximum atomic E-state index is 12.2. The van der Waals surface area contributed by atoms with Crippen molar-refractivity contribution < 1.29 is 26.7 Å². The molecule has 0 atom stereocenters. The summed E-state index contributed by atoms with van der Waals surface area (Å²) in [5, 5.41) is 3.06. The van der Waals surface area contributed by atoms with Crippen molar-refractivity contribution in [3.63, 3.8) is 0 Å². The Morgan fingerprint density at radius 3 is 2.55 bits per heavy atom. The molecule has 0 aliphatic rings. The SMILES string of the molecule is FC(F)Oc1ccc(Cl)cc1CNCCCC(F)(F)F. The van der Waals surface area contributed by atoms with Crippen molar-refractivity contribution in [2.75, 3.05) is 6.54 Å². The Bertz CT molecular complexity index is 425. The van der Waals surface area contributed by atoms with Gasteiger partial charge in [-0.3, -0.25) is 0 Å². The molecule has 0 heterocycles. The summed E-state index contributed by atoms with van der Waals surface area (Å²) in [4.78, 5) is 0. The number of nitrogens with one attached hydrogen (secondary N) is 1. The van der Waals surface area contributed by atoms with Gasteiger partial charge in [0.1, 0.15) is 5.75 Å². The smallest absolute Gasteiger partial charge is 0.389 e. The number of hydrogen-bond donors (Lipinski definition) is 1. The Hall–Kier alpha value is -1.08. The summed E-state index contributed by atoms with van der Waals surface area (Å²) >= 11 is 5.73. The summed E-state index contributed by atoms with van der Waals surface area (Å²) in [5.41, 5.74) is 0.366. The molecule has 20 heavy (non-hydrogen) atoms. The van der Waals surface area contributed by atoms with Gasteiger partial charge in [0.2, 0.25) is 0 Å². The van der Waals surface area contributed by atoms with Gasteiger partial charge in [-0.25, -0.2) is 0 Å². The number of rotatable bonds is 7. The van der Waals surface area contributed by atoms with Crippen molar-refractivity contribution in [1.82, 2.24) is 5.32 Å². The standard InChI is InChI=1S/C12H13ClF5NO/c13-9-2-3-10(20-11(14)15)8(6-9)7-19-5-1-4-12(16,17)18/h2-3,6,11,19H,1,4-5,7H2. The van der Waals surface area contributed by atoms with E-state index in [9.17, 15) is 22.0 Å². The van der Waals surface area contributed by atoms with Crippen LogP contribution >= 0.6 is 11.6 Å². The molecule has 0 radical (unpaired) electrons. The lowest BCUT2D eigenvalue weighted by Crippen LogP contribution is -2.18. The van der Waals surface area contributed by atoms with Gasteiger partial charge < -0.3 is 10.1 Å². The molecule has 0 unspecified atom stereocenters. The predicted molar refractivity (Wildman–Crippen MR) is 65.1 cm³/mol. The van der Waals surface area contributed by atoms with Crippen LogP contribution in [0.25, 0.3) is 0 Å². The molecule has 0 aliphatic carbocycles. The average Bonchev–Trinajstić information content (AvgIpc) is 2.30. The zero-order chi connectivity index (χ0) is 15.2. The second-order valence-electron chi connectivity index (χ2n) is 4.03. The van der Waals surface area contributed by atoms with Gasteiger partial charge in [0.25, 0.3) is 0 Å². The molecule has 0 aliphatic heterocycles. The molecular formula is C12H13ClF5NO. The van der Waals surface area contributed by atoms with Gasteiger partial charge in [0.15, 0.2) is 0 Å². The number of benzene rings is 1. The molecule has 0 bridgehead atoms. The second kappa shape index (κ2) is 7.64. The molecular weight excluding hydrogens is 305 g/mol. The summed E-state index contributed by atoms with van der Waals surface area (Å²) < 4.78 is 64.4. The molecule has 114 valence electrons. The lowest BCUT2D eigenvalue weighted by molar-refractivity contribution is -0.135. The molecule has 0 aromatic heterocycles. The third kappa shape index (κ3) is 6.91. The van der Waals surface area contributed by atoms with E-state index < -0.39 is 19.2 Å². The molecule has 1 rings (SSSR count). The van der Waals surface area contributed by atoms with Crippen molar-refractivity contribution in [3.05, 3.63) is 28.8 Å². The van der Waals surface area contributed by atoms with Crippen LogP contribution < -0.4 is 10.1 Å². The van der Waals surface area contributed by atoms with E-state index in [1.807, 2.05) is 0 Å². The highest BCUT2D eigenvalue weighted by Gasteiger charge is 2.25. The van der Waals surface area contributed by atoms with E-state index in [-0.39, 0.29) is 25.3 Å². The summed E-state index contributed by atoms with van der Waals surface area (Å²) in [6, 6.07) is 4.11. The van der Waals surface area contributed by atoms with Crippen molar-refractivity contribution in [2.24, 2.45) is 0 Å². The van der Waals surface area contributed by atoms with Gasteiger partial charge in [-0.1, -0.05) is 11.6 Å². The number of ether oxygens (including phenoxy) is 1. The number of hydrogen-bond acceptors (Lipinski definition) is 2. The van der Waals surface area contributed by atoms with Crippen molar-refractivity contribution >= 4 is 11.6 Å². The summed E-state index contributed by atoms with van der Waals surface area (Å²) in [6.07, 6.45) is -5.17. The van der Waals surface area contributed by atoms with Gasteiger partial charge in [0.05, 0.1) is 0 Å². The van der Waals surface area contributed by atoms with Gasteiger partial charge in [-0.05, 0) is 31.2 Å². The van der Waals surface area contributed by atoms with Crippen LogP contribution in [0, 0.1) is 0 Å². The quantitative estimate of drug-likeness (QED) is 0.595. The van der Waals surface area contributed by atoms with Crippen molar-refractivity contribution in [1.29, 1.82) is 0 Å². The molecule has 1 aromatic carbocycles. The Balaban J connectivity index is 2.48.